The third-order valence-corrected chi connectivity index (χ3v) is 3.26. The highest BCUT2D eigenvalue weighted by Gasteiger charge is 2.23. The largest absolute Gasteiger partial charge is 0.493 e. The van der Waals surface area contributed by atoms with Crippen molar-refractivity contribution in [1.82, 2.24) is 0 Å². The molecule has 0 saturated heterocycles. The summed E-state index contributed by atoms with van der Waals surface area (Å²) in [5.41, 5.74) is 3.29. The number of carbonyl (C=O) groups is 1. The molecule has 3 nitrogen and oxygen atoms in total. The van der Waals surface area contributed by atoms with Crippen LogP contribution in [0.2, 0.25) is 0 Å². The normalized spacial score (nSPS) is 14.6. The third kappa shape index (κ3) is 3.49. The molecule has 0 aliphatic heterocycles. The first-order valence-electron chi connectivity index (χ1n) is 6.51. The number of ether oxygens (including phenoxy) is 1. The van der Waals surface area contributed by atoms with E-state index in [2.05, 4.69) is 6.07 Å². The molecule has 0 aromatic heterocycles. The zero-order valence-electron chi connectivity index (χ0n) is 11.0. The van der Waals surface area contributed by atoms with Crippen LogP contribution >= 0.6 is 0 Å². The first kappa shape index (κ1) is 12.9. The highest BCUT2D eigenvalue weighted by Crippen LogP contribution is 2.32. The predicted octanol–water partition coefficient (Wildman–Crippen LogP) is 3.11. The maximum absolute atomic E-state index is 10.7. The van der Waals surface area contributed by atoms with Crippen molar-refractivity contribution in [2.45, 2.75) is 39.5 Å². The van der Waals surface area contributed by atoms with Gasteiger partial charge in [-0.1, -0.05) is 17.7 Å². The Morgan fingerprint density at radius 3 is 2.72 bits per heavy atom. The quantitative estimate of drug-likeness (QED) is 0.841. The van der Waals surface area contributed by atoms with Crippen LogP contribution in [0.5, 0.6) is 5.75 Å². The van der Waals surface area contributed by atoms with E-state index in [1.807, 2.05) is 19.9 Å². The van der Waals surface area contributed by atoms with E-state index in [4.69, 9.17) is 9.84 Å². The fraction of sp³-hybridized carbons (Fsp3) is 0.533. The molecule has 1 saturated carbocycles. The summed E-state index contributed by atoms with van der Waals surface area (Å²) >= 11 is 0. The van der Waals surface area contributed by atoms with E-state index in [1.165, 1.54) is 12.8 Å². The van der Waals surface area contributed by atoms with Crippen LogP contribution in [0.25, 0.3) is 0 Å². The summed E-state index contributed by atoms with van der Waals surface area (Å²) in [5, 5.41) is 8.79. The standard InChI is InChI=1S/C15H20O3/c1-10-7-11(2)15(18-9-12-3-4-12)13(8-10)5-6-14(16)17/h7-8,12H,3-6,9H2,1-2H3,(H,16,17). The van der Waals surface area contributed by atoms with Gasteiger partial charge in [-0.2, -0.15) is 0 Å². The van der Waals surface area contributed by atoms with Gasteiger partial charge in [0.25, 0.3) is 0 Å². The van der Waals surface area contributed by atoms with Gasteiger partial charge in [0, 0.05) is 6.42 Å². The maximum Gasteiger partial charge on any atom is 0.303 e. The highest BCUT2D eigenvalue weighted by molar-refractivity contribution is 5.67. The summed E-state index contributed by atoms with van der Waals surface area (Å²) in [6, 6.07) is 4.13. The Morgan fingerprint density at radius 1 is 1.39 bits per heavy atom. The number of rotatable bonds is 6. The van der Waals surface area contributed by atoms with E-state index in [9.17, 15) is 4.79 Å². The summed E-state index contributed by atoms with van der Waals surface area (Å²) in [6.07, 6.45) is 3.21. The van der Waals surface area contributed by atoms with Gasteiger partial charge in [-0.3, -0.25) is 4.79 Å². The van der Waals surface area contributed by atoms with Crippen molar-refractivity contribution < 1.29 is 14.6 Å². The molecular weight excluding hydrogens is 228 g/mol. The lowest BCUT2D eigenvalue weighted by molar-refractivity contribution is -0.136. The van der Waals surface area contributed by atoms with Crippen LogP contribution in [-0.4, -0.2) is 17.7 Å². The van der Waals surface area contributed by atoms with Gasteiger partial charge in [0.2, 0.25) is 0 Å². The van der Waals surface area contributed by atoms with E-state index < -0.39 is 5.97 Å². The fourth-order valence-electron chi connectivity index (χ4n) is 2.16. The number of aryl methyl sites for hydroxylation is 3. The van der Waals surface area contributed by atoms with Crippen LogP contribution in [-0.2, 0) is 11.2 Å². The molecule has 1 aliphatic rings. The average Bonchev–Trinajstić information content (AvgIpc) is 3.08. The number of aliphatic carboxylic acids is 1. The van der Waals surface area contributed by atoms with Crippen LogP contribution in [0.15, 0.2) is 12.1 Å². The molecule has 0 bridgehead atoms. The molecule has 18 heavy (non-hydrogen) atoms. The summed E-state index contributed by atoms with van der Waals surface area (Å²) in [4.78, 5) is 10.7. The third-order valence-electron chi connectivity index (χ3n) is 3.26. The number of benzene rings is 1. The summed E-state index contributed by atoms with van der Waals surface area (Å²) in [6.45, 7) is 4.82. The Bertz CT molecular complexity index is 447. The summed E-state index contributed by atoms with van der Waals surface area (Å²) in [7, 11) is 0. The van der Waals surface area contributed by atoms with Crippen LogP contribution in [0, 0.1) is 19.8 Å². The molecule has 0 radical (unpaired) electrons. The van der Waals surface area contributed by atoms with Crippen molar-refractivity contribution >= 4 is 5.97 Å². The SMILES string of the molecule is Cc1cc(C)c(OCC2CC2)c(CCC(=O)O)c1. The van der Waals surface area contributed by atoms with Crippen LogP contribution in [0.1, 0.15) is 36.0 Å². The first-order chi connectivity index (χ1) is 8.56. The second-order valence-electron chi connectivity index (χ2n) is 5.22. The van der Waals surface area contributed by atoms with E-state index in [1.54, 1.807) is 0 Å². The zero-order valence-corrected chi connectivity index (χ0v) is 11.0. The molecule has 3 heteroatoms. The second-order valence-corrected chi connectivity index (χ2v) is 5.22. The Morgan fingerprint density at radius 2 is 2.11 bits per heavy atom. The fourth-order valence-corrected chi connectivity index (χ4v) is 2.16. The zero-order chi connectivity index (χ0) is 13.1. The minimum absolute atomic E-state index is 0.155. The Balaban J connectivity index is 2.13. The Labute approximate surface area is 108 Å². The first-order valence-corrected chi connectivity index (χ1v) is 6.51. The Kier molecular flexibility index (Phi) is 3.90. The van der Waals surface area contributed by atoms with Gasteiger partial charge in [0.15, 0.2) is 0 Å². The van der Waals surface area contributed by atoms with Gasteiger partial charge < -0.3 is 9.84 Å². The van der Waals surface area contributed by atoms with Gasteiger partial charge >= 0.3 is 5.97 Å². The molecule has 0 unspecified atom stereocenters. The number of hydrogen-bond donors (Lipinski definition) is 1. The molecule has 2 rings (SSSR count). The van der Waals surface area contributed by atoms with Crippen molar-refractivity contribution in [1.29, 1.82) is 0 Å². The van der Waals surface area contributed by atoms with E-state index in [0.29, 0.717) is 12.3 Å². The minimum atomic E-state index is -0.762. The number of carboxylic acids is 1. The van der Waals surface area contributed by atoms with E-state index in [-0.39, 0.29) is 6.42 Å². The molecular formula is C15H20O3. The number of hydrogen-bond acceptors (Lipinski definition) is 2. The smallest absolute Gasteiger partial charge is 0.303 e. The van der Waals surface area contributed by atoms with Gasteiger partial charge in [-0.15, -0.1) is 0 Å². The molecule has 98 valence electrons. The lowest BCUT2D eigenvalue weighted by Gasteiger charge is -2.14. The van der Waals surface area contributed by atoms with Crippen molar-refractivity contribution in [3.05, 3.63) is 28.8 Å². The van der Waals surface area contributed by atoms with E-state index in [0.717, 1.165) is 29.0 Å². The molecule has 1 fully saturated rings. The lowest BCUT2D eigenvalue weighted by Crippen LogP contribution is -2.06. The molecule has 1 aliphatic carbocycles. The topological polar surface area (TPSA) is 46.5 Å². The Hall–Kier alpha value is -1.51. The lowest BCUT2D eigenvalue weighted by atomic mass is 10.0. The van der Waals surface area contributed by atoms with Crippen molar-refractivity contribution in [3.8, 4) is 5.75 Å². The van der Waals surface area contributed by atoms with Crippen LogP contribution in [0.4, 0.5) is 0 Å². The highest BCUT2D eigenvalue weighted by atomic mass is 16.5. The molecule has 1 N–H and O–H groups in total. The van der Waals surface area contributed by atoms with Crippen LogP contribution in [0.3, 0.4) is 0 Å². The van der Waals surface area contributed by atoms with E-state index >= 15 is 0 Å². The molecule has 0 atom stereocenters. The van der Waals surface area contributed by atoms with Crippen molar-refractivity contribution in [3.63, 3.8) is 0 Å². The van der Waals surface area contributed by atoms with Crippen molar-refractivity contribution in [2.75, 3.05) is 6.61 Å². The average molecular weight is 248 g/mol. The van der Waals surface area contributed by atoms with Gasteiger partial charge in [0.05, 0.1) is 6.61 Å². The van der Waals surface area contributed by atoms with Gasteiger partial charge in [-0.25, -0.2) is 0 Å². The summed E-state index contributed by atoms with van der Waals surface area (Å²) < 4.78 is 5.89. The van der Waals surface area contributed by atoms with Crippen molar-refractivity contribution in [2.24, 2.45) is 5.92 Å². The molecule has 1 aromatic carbocycles. The van der Waals surface area contributed by atoms with Crippen LogP contribution < -0.4 is 4.74 Å². The molecule has 0 heterocycles. The second kappa shape index (κ2) is 5.42. The summed E-state index contributed by atoms with van der Waals surface area (Å²) in [5.74, 6) is 0.842. The molecule has 0 amide bonds. The minimum Gasteiger partial charge on any atom is -0.493 e. The van der Waals surface area contributed by atoms with Gasteiger partial charge in [-0.05, 0) is 50.2 Å². The predicted molar refractivity (Wildman–Crippen MR) is 70.1 cm³/mol. The number of carboxylic acid groups (broad SMARTS) is 1. The monoisotopic (exact) mass is 248 g/mol. The molecule has 0 spiro atoms. The maximum atomic E-state index is 10.7. The molecule has 1 aromatic rings. The van der Waals surface area contributed by atoms with Gasteiger partial charge in [0.1, 0.15) is 5.75 Å².